The first-order valence-electron chi connectivity index (χ1n) is 15.0. The fraction of sp³-hybridized carbons (Fsp3) is 0.933. The summed E-state index contributed by atoms with van der Waals surface area (Å²) in [5.41, 5.74) is 0. The van der Waals surface area contributed by atoms with Gasteiger partial charge in [-0.05, 0) is 44.9 Å². The highest BCUT2D eigenvalue weighted by Crippen LogP contribution is 2.18. The average molecular weight is 483 g/mol. The van der Waals surface area contributed by atoms with E-state index in [1.54, 1.807) is 0 Å². The van der Waals surface area contributed by atoms with Gasteiger partial charge in [-0.1, -0.05) is 111 Å². The van der Waals surface area contributed by atoms with Gasteiger partial charge in [0.05, 0.1) is 6.61 Å². The van der Waals surface area contributed by atoms with Crippen LogP contribution in [0.25, 0.3) is 0 Å². The third-order valence-electron chi connectivity index (χ3n) is 6.58. The van der Waals surface area contributed by atoms with Gasteiger partial charge in [-0.15, -0.1) is 0 Å². The number of carbonyl (C=O) groups is 2. The van der Waals surface area contributed by atoms with E-state index in [9.17, 15) is 9.59 Å². The molecule has 4 nitrogen and oxygen atoms in total. The lowest BCUT2D eigenvalue weighted by molar-refractivity contribution is -0.150. The molecule has 0 saturated carbocycles. The Kier molecular flexibility index (Phi) is 25.7. The summed E-state index contributed by atoms with van der Waals surface area (Å²) >= 11 is 0. The van der Waals surface area contributed by atoms with Crippen molar-refractivity contribution < 1.29 is 19.1 Å². The van der Waals surface area contributed by atoms with Gasteiger partial charge < -0.3 is 9.47 Å². The fourth-order valence-electron chi connectivity index (χ4n) is 4.31. The molecule has 0 bridgehead atoms. The summed E-state index contributed by atoms with van der Waals surface area (Å²) in [6, 6.07) is 0. The zero-order valence-electron chi connectivity index (χ0n) is 23.2. The van der Waals surface area contributed by atoms with Crippen molar-refractivity contribution in [2.24, 2.45) is 0 Å². The van der Waals surface area contributed by atoms with E-state index in [0.717, 1.165) is 38.5 Å². The van der Waals surface area contributed by atoms with Crippen LogP contribution in [0.5, 0.6) is 0 Å². The van der Waals surface area contributed by atoms with Crippen LogP contribution in [0.3, 0.4) is 0 Å². The van der Waals surface area contributed by atoms with Crippen LogP contribution in [0.15, 0.2) is 0 Å². The molecule has 0 N–H and O–H groups in total. The lowest BCUT2D eigenvalue weighted by Gasteiger charge is -2.18. The van der Waals surface area contributed by atoms with E-state index in [-0.39, 0.29) is 18.0 Å². The van der Waals surface area contributed by atoms with E-state index < -0.39 is 0 Å². The third kappa shape index (κ3) is 24.1. The second kappa shape index (κ2) is 26.5. The first-order chi connectivity index (χ1) is 16.6. The van der Waals surface area contributed by atoms with Gasteiger partial charge in [0.2, 0.25) is 0 Å². The Bertz CT molecular complexity index is 449. The van der Waals surface area contributed by atoms with Crippen molar-refractivity contribution in [2.75, 3.05) is 6.61 Å². The number of esters is 2. The fourth-order valence-corrected chi connectivity index (χ4v) is 4.31. The molecule has 0 rings (SSSR count). The van der Waals surface area contributed by atoms with Gasteiger partial charge in [-0.3, -0.25) is 9.59 Å². The average Bonchev–Trinajstić information content (AvgIpc) is 2.83. The van der Waals surface area contributed by atoms with Crippen molar-refractivity contribution >= 4 is 11.9 Å². The number of unbranched alkanes of at least 4 members (excludes halogenated alkanes) is 15. The van der Waals surface area contributed by atoms with Gasteiger partial charge in [0.15, 0.2) is 0 Å². The molecular formula is C30H58O4. The smallest absolute Gasteiger partial charge is 0.306 e. The maximum atomic E-state index is 12.4. The molecule has 0 radical (unpaired) electrons. The Morgan fingerprint density at radius 3 is 1.41 bits per heavy atom. The van der Waals surface area contributed by atoms with Crippen LogP contribution in [-0.2, 0) is 19.1 Å². The van der Waals surface area contributed by atoms with E-state index >= 15 is 0 Å². The monoisotopic (exact) mass is 482 g/mol. The largest absolute Gasteiger partial charge is 0.466 e. The summed E-state index contributed by atoms with van der Waals surface area (Å²) in [7, 11) is 0. The van der Waals surface area contributed by atoms with Crippen LogP contribution < -0.4 is 0 Å². The number of rotatable bonds is 26. The molecule has 0 fully saturated rings. The Hall–Kier alpha value is -1.06. The van der Waals surface area contributed by atoms with Crippen LogP contribution in [0.4, 0.5) is 0 Å². The molecule has 0 heterocycles. The summed E-state index contributed by atoms with van der Waals surface area (Å²) in [5, 5.41) is 0. The zero-order valence-corrected chi connectivity index (χ0v) is 23.2. The van der Waals surface area contributed by atoms with Crippen LogP contribution in [0.2, 0.25) is 0 Å². The highest BCUT2D eigenvalue weighted by atomic mass is 16.5. The highest BCUT2D eigenvalue weighted by Gasteiger charge is 2.14. The summed E-state index contributed by atoms with van der Waals surface area (Å²) in [5.74, 6) is -0.225. The Morgan fingerprint density at radius 2 is 0.912 bits per heavy atom. The highest BCUT2D eigenvalue weighted by molar-refractivity contribution is 5.70. The summed E-state index contributed by atoms with van der Waals surface area (Å²) in [6.45, 7) is 7.20. The van der Waals surface area contributed by atoms with E-state index in [1.807, 2.05) is 0 Å². The Labute approximate surface area is 212 Å². The normalized spacial score (nSPS) is 12.0. The minimum Gasteiger partial charge on any atom is -0.466 e. The maximum absolute atomic E-state index is 12.4. The molecule has 0 aliphatic rings. The van der Waals surface area contributed by atoms with Crippen LogP contribution in [-0.4, -0.2) is 24.6 Å². The molecule has 4 heteroatoms. The summed E-state index contributed by atoms with van der Waals surface area (Å²) < 4.78 is 11.1. The van der Waals surface area contributed by atoms with E-state index in [4.69, 9.17) is 9.47 Å². The third-order valence-corrected chi connectivity index (χ3v) is 6.58. The molecule has 0 aliphatic heterocycles. The van der Waals surface area contributed by atoms with Crippen molar-refractivity contribution in [1.29, 1.82) is 0 Å². The molecule has 0 aliphatic carbocycles. The predicted molar refractivity (Wildman–Crippen MR) is 144 cm³/mol. The van der Waals surface area contributed by atoms with Crippen molar-refractivity contribution in [3.63, 3.8) is 0 Å². The van der Waals surface area contributed by atoms with Gasteiger partial charge >= 0.3 is 11.9 Å². The second-order valence-corrected chi connectivity index (χ2v) is 10.1. The zero-order chi connectivity index (χ0) is 25.1. The van der Waals surface area contributed by atoms with Crippen LogP contribution in [0.1, 0.15) is 168 Å². The van der Waals surface area contributed by atoms with E-state index in [1.165, 1.54) is 83.5 Å². The lowest BCUT2D eigenvalue weighted by Crippen LogP contribution is -2.18. The minimum absolute atomic E-state index is 0.0717. The van der Waals surface area contributed by atoms with Crippen molar-refractivity contribution in [1.82, 2.24) is 0 Å². The first-order valence-corrected chi connectivity index (χ1v) is 15.0. The SMILES string of the molecule is CCCCCCCCCC(CCCCCCCC)OC(=O)CCCCC(=O)OCCCCCC. The van der Waals surface area contributed by atoms with Crippen molar-refractivity contribution in [3.05, 3.63) is 0 Å². The number of hydrogen-bond acceptors (Lipinski definition) is 4. The predicted octanol–water partition coefficient (Wildman–Crippen LogP) is 9.47. The van der Waals surface area contributed by atoms with Crippen LogP contribution >= 0.6 is 0 Å². The van der Waals surface area contributed by atoms with Gasteiger partial charge in [0.1, 0.15) is 6.10 Å². The quantitative estimate of drug-likeness (QED) is 0.0909. The Morgan fingerprint density at radius 1 is 0.500 bits per heavy atom. The maximum Gasteiger partial charge on any atom is 0.306 e. The molecule has 1 unspecified atom stereocenters. The van der Waals surface area contributed by atoms with Crippen molar-refractivity contribution in [2.45, 2.75) is 175 Å². The molecule has 0 aromatic carbocycles. The molecule has 34 heavy (non-hydrogen) atoms. The number of carbonyl (C=O) groups excluding carboxylic acids is 2. The van der Waals surface area contributed by atoms with Gasteiger partial charge in [0.25, 0.3) is 0 Å². The van der Waals surface area contributed by atoms with Gasteiger partial charge in [0, 0.05) is 12.8 Å². The van der Waals surface area contributed by atoms with Gasteiger partial charge in [-0.2, -0.15) is 0 Å². The Balaban J connectivity index is 4.06. The van der Waals surface area contributed by atoms with E-state index in [2.05, 4.69) is 20.8 Å². The molecule has 0 aromatic rings. The second-order valence-electron chi connectivity index (χ2n) is 10.1. The first kappa shape index (κ1) is 32.9. The summed E-state index contributed by atoms with van der Waals surface area (Å²) in [4.78, 5) is 24.2. The molecular weight excluding hydrogens is 424 g/mol. The van der Waals surface area contributed by atoms with E-state index in [0.29, 0.717) is 32.3 Å². The molecule has 1 atom stereocenters. The molecule has 202 valence electrons. The van der Waals surface area contributed by atoms with Gasteiger partial charge in [-0.25, -0.2) is 0 Å². The molecule has 0 aromatic heterocycles. The van der Waals surface area contributed by atoms with Crippen LogP contribution in [0, 0.1) is 0 Å². The lowest BCUT2D eigenvalue weighted by atomic mass is 10.0. The number of hydrogen-bond donors (Lipinski definition) is 0. The molecule has 0 saturated heterocycles. The topological polar surface area (TPSA) is 52.6 Å². The molecule has 0 amide bonds. The van der Waals surface area contributed by atoms with Crippen molar-refractivity contribution in [3.8, 4) is 0 Å². The standard InChI is InChI=1S/C30H58O4/c1-4-7-10-13-15-17-19-24-28(23-18-16-14-11-8-5-2)34-30(32)26-21-20-25-29(31)33-27-22-12-9-6-3/h28H,4-27H2,1-3H3. The number of ether oxygens (including phenoxy) is 2. The molecule has 0 spiro atoms. The summed E-state index contributed by atoms with van der Waals surface area (Å²) in [6.07, 6.45) is 25.3. The minimum atomic E-state index is -0.134.